The zero-order chi connectivity index (χ0) is 16.4. The zero-order valence-corrected chi connectivity index (χ0v) is 13.5. The summed E-state index contributed by atoms with van der Waals surface area (Å²) in [4.78, 5) is 18.5. The number of benzene rings is 1. The molecule has 7 heteroatoms. The van der Waals surface area contributed by atoms with Gasteiger partial charge in [-0.15, -0.1) is 0 Å². The summed E-state index contributed by atoms with van der Waals surface area (Å²) in [5, 5.41) is 11.0. The number of aryl methyl sites for hydroxylation is 1. The maximum Gasteiger partial charge on any atom is 0.340 e. The molecule has 0 unspecified atom stereocenters. The van der Waals surface area contributed by atoms with Gasteiger partial charge in [0.05, 0.1) is 12.1 Å². The molecule has 7 nitrogen and oxygen atoms in total. The van der Waals surface area contributed by atoms with Crippen molar-refractivity contribution in [2.24, 2.45) is 5.92 Å². The Hall–Kier alpha value is -2.70. The van der Waals surface area contributed by atoms with Crippen LogP contribution in [0.5, 0.6) is 0 Å². The Balaban J connectivity index is 2.01. The van der Waals surface area contributed by atoms with Gasteiger partial charge in [0.1, 0.15) is 11.6 Å². The highest BCUT2D eigenvalue weighted by Crippen LogP contribution is 2.15. The molecule has 0 aliphatic rings. The van der Waals surface area contributed by atoms with Gasteiger partial charge < -0.3 is 0 Å². The summed E-state index contributed by atoms with van der Waals surface area (Å²) in [7, 11) is 0. The first-order valence-electron chi connectivity index (χ1n) is 7.66. The van der Waals surface area contributed by atoms with Gasteiger partial charge in [-0.05, 0) is 30.5 Å². The van der Waals surface area contributed by atoms with Gasteiger partial charge in [-0.1, -0.05) is 26.0 Å². The second kappa shape index (κ2) is 6.20. The van der Waals surface area contributed by atoms with Crippen LogP contribution in [0.1, 0.15) is 36.9 Å². The highest BCUT2D eigenvalue weighted by Gasteiger charge is 2.15. The minimum atomic E-state index is -0.316. The minimum Gasteiger partial charge on any atom is -0.293 e. The maximum atomic E-state index is 11.2. The number of nitrogens with one attached hydrogen (secondary N) is 2. The van der Waals surface area contributed by atoms with E-state index in [2.05, 4.69) is 45.2 Å². The second-order valence-corrected chi connectivity index (χ2v) is 6.09. The van der Waals surface area contributed by atoms with Crippen molar-refractivity contribution in [3.8, 4) is 5.69 Å². The van der Waals surface area contributed by atoms with Gasteiger partial charge in [0.25, 0.3) is 0 Å². The Bertz CT molecular complexity index is 857. The Kier molecular flexibility index (Phi) is 4.10. The first kappa shape index (κ1) is 15.2. The van der Waals surface area contributed by atoms with Crippen molar-refractivity contribution in [1.29, 1.82) is 0 Å². The average Bonchev–Trinajstić information content (AvgIpc) is 3.05. The molecule has 0 radical (unpaired) electrons. The summed E-state index contributed by atoms with van der Waals surface area (Å²) < 4.78 is 1.83. The molecule has 0 atom stereocenters. The van der Waals surface area contributed by atoms with E-state index in [0.717, 1.165) is 29.3 Å². The van der Waals surface area contributed by atoms with Crippen molar-refractivity contribution in [1.82, 2.24) is 29.9 Å². The molecule has 0 bridgehead atoms. The van der Waals surface area contributed by atoms with Gasteiger partial charge in [-0.3, -0.25) is 4.98 Å². The lowest BCUT2D eigenvalue weighted by Crippen LogP contribution is -2.06. The lowest BCUT2D eigenvalue weighted by atomic mass is 10.1. The normalized spacial score (nSPS) is 11.3. The molecular weight excluding hydrogens is 292 g/mol. The SMILES string of the molecule is Cc1cccc(-n2nc(CC(C)C)nc2Cc2n[nH]c(=O)[nH]2)c1. The molecule has 0 spiro atoms. The largest absolute Gasteiger partial charge is 0.340 e. The first-order chi connectivity index (χ1) is 11.0. The van der Waals surface area contributed by atoms with Gasteiger partial charge in [-0.2, -0.15) is 10.2 Å². The van der Waals surface area contributed by atoms with E-state index in [9.17, 15) is 4.79 Å². The van der Waals surface area contributed by atoms with Crippen LogP contribution in [0.15, 0.2) is 29.1 Å². The van der Waals surface area contributed by atoms with Crippen molar-refractivity contribution in [2.45, 2.75) is 33.6 Å². The quantitative estimate of drug-likeness (QED) is 0.751. The molecule has 3 rings (SSSR count). The number of hydrogen-bond donors (Lipinski definition) is 2. The summed E-state index contributed by atoms with van der Waals surface area (Å²) >= 11 is 0. The highest BCUT2D eigenvalue weighted by molar-refractivity contribution is 5.35. The number of H-pyrrole nitrogens is 2. The van der Waals surface area contributed by atoms with Gasteiger partial charge in [0, 0.05) is 6.42 Å². The Morgan fingerprint density at radius 1 is 1.30 bits per heavy atom. The lowest BCUT2D eigenvalue weighted by molar-refractivity contribution is 0.618. The molecule has 1 aromatic carbocycles. The monoisotopic (exact) mass is 312 g/mol. The van der Waals surface area contributed by atoms with E-state index in [1.165, 1.54) is 0 Å². The topological polar surface area (TPSA) is 92.2 Å². The van der Waals surface area contributed by atoms with E-state index >= 15 is 0 Å². The van der Waals surface area contributed by atoms with Gasteiger partial charge in [-0.25, -0.2) is 19.6 Å². The van der Waals surface area contributed by atoms with Gasteiger partial charge in [0.15, 0.2) is 5.82 Å². The standard InChI is InChI=1S/C16H20N6O/c1-10(2)7-14-17-15(9-13-18-16(23)20-19-13)22(21-14)12-6-4-5-11(3)8-12/h4-6,8,10H,7,9H2,1-3H3,(H2,18,19,20,23). The molecule has 3 aromatic rings. The molecule has 0 saturated heterocycles. The molecule has 23 heavy (non-hydrogen) atoms. The minimum absolute atomic E-state index is 0.316. The van der Waals surface area contributed by atoms with Gasteiger partial charge in [0.2, 0.25) is 0 Å². The molecule has 2 heterocycles. The molecule has 0 aliphatic heterocycles. The van der Waals surface area contributed by atoms with Crippen LogP contribution in [0, 0.1) is 12.8 Å². The number of hydrogen-bond acceptors (Lipinski definition) is 4. The van der Waals surface area contributed by atoms with Crippen LogP contribution >= 0.6 is 0 Å². The lowest BCUT2D eigenvalue weighted by Gasteiger charge is -2.05. The Morgan fingerprint density at radius 2 is 2.13 bits per heavy atom. The molecule has 2 aromatic heterocycles. The Morgan fingerprint density at radius 3 is 2.78 bits per heavy atom. The highest BCUT2D eigenvalue weighted by atomic mass is 16.1. The summed E-state index contributed by atoms with van der Waals surface area (Å²) in [5.41, 5.74) is 1.80. The summed E-state index contributed by atoms with van der Waals surface area (Å²) in [6.45, 7) is 6.32. The molecule has 0 saturated carbocycles. The summed E-state index contributed by atoms with van der Waals surface area (Å²) in [5.74, 6) is 2.58. The average molecular weight is 312 g/mol. The van der Waals surface area contributed by atoms with Crippen LogP contribution in [0.25, 0.3) is 5.69 Å². The van der Waals surface area contributed by atoms with Crippen LogP contribution in [0.3, 0.4) is 0 Å². The third-order valence-electron chi connectivity index (χ3n) is 3.43. The first-order valence-corrected chi connectivity index (χ1v) is 7.66. The summed E-state index contributed by atoms with van der Waals surface area (Å²) in [6.07, 6.45) is 1.22. The number of aromatic amines is 2. The number of nitrogens with zero attached hydrogens (tertiary/aromatic N) is 4. The van der Waals surface area contributed by atoms with Crippen LogP contribution in [0.2, 0.25) is 0 Å². The van der Waals surface area contributed by atoms with E-state index < -0.39 is 0 Å². The van der Waals surface area contributed by atoms with E-state index in [4.69, 9.17) is 0 Å². The molecule has 0 fully saturated rings. The number of rotatable bonds is 5. The van der Waals surface area contributed by atoms with Crippen molar-refractivity contribution in [3.63, 3.8) is 0 Å². The molecule has 120 valence electrons. The predicted molar refractivity (Wildman–Crippen MR) is 86.7 cm³/mol. The summed E-state index contributed by atoms with van der Waals surface area (Å²) in [6, 6.07) is 8.09. The van der Waals surface area contributed by atoms with Crippen molar-refractivity contribution < 1.29 is 0 Å². The molecular formula is C16H20N6O. The fraction of sp³-hybridized carbons (Fsp3) is 0.375. The maximum absolute atomic E-state index is 11.2. The fourth-order valence-corrected chi connectivity index (χ4v) is 2.46. The van der Waals surface area contributed by atoms with E-state index in [1.807, 2.05) is 29.8 Å². The third kappa shape index (κ3) is 3.56. The Labute approximate surface area is 133 Å². The third-order valence-corrected chi connectivity index (χ3v) is 3.43. The van der Waals surface area contributed by atoms with Crippen molar-refractivity contribution in [3.05, 3.63) is 57.8 Å². The fourth-order valence-electron chi connectivity index (χ4n) is 2.46. The van der Waals surface area contributed by atoms with E-state index in [0.29, 0.717) is 18.2 Å². The van der Waals surface area contributed by atoms with Crippen molar-refractivity contribution in [2.75, 3.05) is 0 Å². The smallest absolute Gasteiger partial charge is 0.293 e. The van der Waals surface area contributed by atoms with Crippen LogP contribution in [-0.2, 0) is 12.8 Å². The van der Waals surface area contributed by atoms with Crippen LogP contribution < -0.4 is 5.69 Å². The number of aromatic nitrogens is 6. The zero-order valence-electron chi connectivity index (χ0n) is 13.5. The molecule has 0 aliphatic carbocycles. The van der Waals surface area contributed by atoms with E-state index in [-0.39, 0.29) is 5.69 Å². The predicted octanol–water partition coefficient (Wildman–Crippen LogP) is 1.78. The van der Waals surface area contributed by atoms with Gasteiger partial charge >= 0.3 is 5.69 Å². The molecule has 0 amide bonds. The van der Waals surface area contributed by atoms with Crippen LogP contribution in [0.4, 0.5) is 0 Å². The van der Waals surface area contributed by atoms with Crippen molar-refractivity contribution >= 4 is 0 Å². The second-order valence-electron chi connectivity index (χ2n) is 6.09. The van der Waals surface area contributed by atoms with E-state index in [1.54, 1.807) is 0 Å². The van der Waals surface area contributed by atoms with Crippen LogP contribution in [-0.4, -0.2) is 29.9 Å². The molecule has 2 N–H and O–H groups in total.